The topological polar surface area (TPSA) is 159 Å². The number of carbonyl (C=O) groups is 2. The standard InChI is InChI=1S/C15H11FN2O8/c16-9-2-1-8(5-10(9)18(24)25)17-13(21)6-26-15(23)7-3-11(19)14(22)12(20)4-7/h1-5,19-20,22H,6H2,(H,17,21). The number of carbonyl (C=O) groups excluding carboxylic acids is 2. The van der Waals surface area contributed by atoms with Crippen LogP contribution in [0.4, 0.5) is 15.8 Å². The van der Waals surface area contributed by atoms with Crippen LogP contribution < -0.4 is 5.32 Å². The third kappa shape index (κ3) is 4.14. The zero-order valence-electron chi connectivity index (χ0n) is 12.8. The largest absolute Gasteiger partial charge is 0.504 e. The van der Waals surface area contributed by atoms with Crippen LogP contribution in [-0.2, 0) is 9.53 Å². The molecule has 0 radical (unpaired) electrons. The summed E-state index contributed by atoms with van der Waals surface area (Å²) in [5.74, 6) is -5.38. The molecule has 10 nitrogen and oxygen atoms in total. The molecular formula is C15H11FN2O8. The first-order valence-corrected chi connectivity index (χ1v) is 6.85. The lowest BCUT2D eigenvalue weighted by Gasteiger charge is -2.08. The first-order chi connectivity index (χ1) is 12.2. The summed E-state index contributed by atoms with van der Waals surface area (Å²) in [6.45, 7) is -0.799. The van der Waals surface area contributed by atoms with E-state index in [1.165, 1.54) is 0 Å². The number of phenolic OH excluding ortho intramolecular Hbond substituents is 3. The fourth-order valence-corrected chi connectivity index (χ4v) is 1.86. The molecule has 26 heavy (non-hydrogen) atoms. The van der Waals surface area contributed by atoms with Crippen molar-refractivity contribution in [1.29, 1.82) is 0 Å². The van der Waals surface area contributed by atoms with Crippen LogP contribution in [0, 0.1) is 15.9 Å². The summed E-state index contributed by atoms with van der Waals surface area (Å²) >= 11 is 0. The third-order valence-corrected chi connectivity index (χ3v) is 3.07. The number of amides is 1. The monoisotopic (exact) mass is 366 g/mol. The molecule has 2 aromatic carbocycles. The van der Waals surface area contributed by atoms with Crippen LogP contribution in [0.3, 0.4) is 0 Å². The first-order valence-electron chi connectivity index (χ1n) is 6.85. The molecule has 2 rings (SSSR count). The predicted molar refractivity (Wildman–Crippen MR) is 83.4 cm³/mol. The molecule has 136 valence electrons. The number of nitrogens with one attached hydrogen (secondary N) is 1. The maximum atomic E-state index is 13.2. The van der Waals surface area contributed by atoms with Gasteiger partial charge in [-0.25, -0.2) is 4.79 Å². The molecule has 0 spiro atoms. The Balaban J connectivity index is 2.00. The normalized spacial score (nSPS) is 10.2. The van der Waals surface area contributed by atoms with E-state index in [0.717, 1.165) is 30.3 Å². The van der Waals surface area contributed by atoms with E-state index in [0.29, 0.717) is 0 Å². The minimum Gasteiger partial charge on any atom is -0.504 e. The van der Waals surface area contributed by atoms with Crippen LogP contribution in [0.1, 0.15) is 10.4 Å². The van der Waals surface area contributed by atoms with E-state index >= 15 is 0 Å². The molecule has 0 aromatic heterocycles. The molecule has 11 heteroatoms. The number of nitro benzene ring substituents is 1. The summed E-state index contributed by atoms with van der Waals surface area (Å²) in [6.07, 6.45) is 0. The van der Waals surface area contributed by atoms with Crippen molar-refractivity contribution in [2.24, 2.45) is 0 Å². The van der Waals surface area contributed by atoms with Gasteiger partial charge in [-0.3, -0.25) is 14.9 Å². The molecule has 2 aromatic rings. The van der Waals surface area contributed by atoms with Crippen molar-refractivity contribution in [3.8, 4) is 17.2 Å². The number of phenols is 3. The summed E-state index contributed by atoms with van der Waals surface area (Å²) < 4.78 is 17.9. The third-order valence-electron chi connectivity index (χ3n) is 3.07. The maximum absolute atomic E-state index is 13.2. The highest BCUT2D eigenvalue weighted by Crippen LogP contribution is 2.35. The van der Waals surface area contributed by atoms with Crippen molar-refractivity contribution in [3.05, 3.63) is 51.8 Å². The molecule has 0 bridgehead atoms. The highest BCUT2D eigenvalue weighted by atomic mass is 19.1. The average molecular weight is 366 g/mol. The Morgan fingerprint density at radius 3 is 2.35 bits per heavy atom. The van der Waals surface area contributed by atoms with Crippen LogP contribution in [0.5, 0.6) is 17.2 Å². The van der Waals surface area contributed by atoms with Gasteiger partial charge in [0.25, 0.3) is 5.91 Å². The van der Waals surface area contributed by atoms with Crippen molar-refractivity contribution < 1.29 is 39.0 Å². The smallest absolute Gasteiger partial charge is 0.338 e. The number of benzene rings is 2. The zero-order valence-corrected chi connectivity index (χ0v) is 12.8. The number of hydrogen-bond donors (Lipinski definition) is 4. The van der Waals surface area contributed by atoms with Crippen LogP contribution in [0.2, 0.25) is 0 Å². The number of aromatic hydroxyl groups is 3. The number of rotatable bonds is 5. The first kappa shape index (κ1) is 18.4. The quantitative estimate of drug-likeness (QED) is 0.269. The number of ether oxygens (including phenoxy) is 1. The lowest BCUT2D eigenvalue weighted by Crippen LogP contribution is -2.21. The van der Waals surface area contributed by atoms with Crippen LogP contribution in [-0.4, -0.2) is 38.7 Å². The molecule has 0 saturated carbocycles. The highest BCUT2D eigenvalue weighted by Gasteiger charge is 2.18. The van der Waals surface area contributed by atoms with Gasteiger partial charge < -0.3 is 25.4 Å². The van der Waals surface area contributed by atoms with Gasteiger partial charge in [-0.2, -0.15) is 4.39 Å². The minimum absolute atomic E-state index is 0.0842. The Kier molecular flexibility index (Phi) is 5.21. The van der Waals surface area contributed by atoms with E-state index in [9.17, 15) is 39.4 Å². The molecule has 0 aliphatic heterocycles. The zero-order chi connectivity index (χ0) is 19.4. The number of nitrogens with zero attached hydrogens (tertiary/aromatic N) is 1. The lowest BCUT2D eigenvalue weighted by atomic mass is 10.2. The molecule has 0 saturated heterocycles. The molecular weight excluding hydrogens is 355 g/mol. The van der Waals surface area contributed by atoms with Gasteiger partial charge in [0.1, 0.15) is 0 Å². The number of anilines is 1. The molecule has 0 atom stereocenters. The van der Waals surface area contributed by atoms with Crippen LogP contribution in [0.15, 0.2) is 30.3 Å². The summed E-state index contributed by atoms with van der Waals surface area (Å²) in [6, 6.07) is 4.31. The van der Waals surface area contributed by atoms with Crippen molar-refractivity contribution in [2.75, 3.05) is 11.9 Å². The van der Waals surface area contributed by atoms with E-state index in [4.69, 9.17) is 0 Å². The Hall–Kier alpha value is -3.89. The van der Waals surface area contributed by atoms with Crippen LogP contribution >= 0.6 is 0 Å². The average Bonchev–Trinajstić information content (AvgIpc) is 2.58. The number of nitro groups is 1. The van der Waals surface area contributed by atoms with E-state index in [-0.39, 0.29) is 11.3 Å². The van der Waals surface area contributed by atoms with Gasteiger partial charge in [0, 0.05) is 11.8 Å². The summed E-state index contributed by atoms with van der Waals surface area (Å²) in [5, 5.41) is 40.6. The van der Waals surface area contributed by atoms with Gasteiger partial charge in [0.15, 0.2) is 23.9 Å². The Labute approximate surface area is 144 Å². The van der Waals surface area contributed by atoms with Gasteiger partial charge in [-0.1, -0.05) is 0 Å². The maximum Gasteiger partial charge on any atom is 0.338 e. The SMILES string of the molecule is O=C(COC(=O)c1cc(O)c(O)c(O)c1)Nc1ccc(F)c([N+](=O)[O-])c1. The summed E-state index contributed by atoms with van der Waals surface area (Å²) in [5.41, 5.74) is -1.25. The van der Waals surface area contributed by atoms with Crippen molar-refractivity contribution in [2.45, 2.75) is 0 Å². The Morgan fingerprint density at radius 2 is 1.77 bits per heavy atom. The molecule has 1 amide bonds. The van der Waals surface area contributed by atoms with Crippen molar-refractivity contribution >= 4 is 23.3 Å². The molecule has 0 aliphatic rings. The van der Waals surface area contributed by atoms with E-state index in [2.05, 4.69) is 10.1 Å². The fourth-order valence-electron chi connectivity index (χ4n) is 1.86. The van der Waals surface area contributed by atoms with E-state index in [1.54, 1.807) is 0 Å². The van der Waals surface area contributed by atoms with E-state index < -0.39 is 52.2 Å². The highest BCUT2D eigenvalue weighted by molar-refractivity contribution is 5.96. The van der Waals surface area contributed by atoms with Gasteiger partial charge in [-0.05, 0) is 24.3 Å². The summed E-state index contributed by atoms with van der Waals surface area (Å²) in [4.78, 5) is 33.1. The fraction of sp³-hybridized carbons (Fsp3) is 0.0667. The minimum atomic E-state index is -1.09. The van der Waals surface area contributed by atoms with Gasteiger partial charge in [0.05, 0.1) is 10.5 Å². The predicted octanol–water partition coefficient (Wildman–Crippen LogP) is 1.65. The molecule has 0 fully saturated rings. The van der Waals surface area contributed by atoms with Gasteiger partial charge in [-0.15, -0.1) is 0 Å². The van der Waals surface area contributed by atoms with Crippen LogP contribution in [0.25, 0.3) is 0 Å². The lowest BCUT2D eigenvalue weighted by molar-refractivity contribution is -0.387. The Morgan fingerprint density at radius 1 is 1.15 bits per heavy atom. The molecule has 0 heterocycles. The van der Waals surface area contributed by atoms with Crippen molar-refractivity contribution in [3.63, 3.8) is 0 Å². The Bertz CT molecular complexity index is 876. The number of hydrogen-bond acceptors (Lipinski definition) is 8. The summed E-state index contributed by atoms with van der Waals surface area (Å²) in [7, 11) is 0. The van der Waals surface area contributed by atoms with E-state index in [1.807, 2.05) is 0 Å². The molecule has 0 unspecified atom stereocenters. The second-order valence-corrected chi connectivity index (χ2v) is 4.91. The van der Waals surface area contributed by atoms with Crippen molar-refractivity contribution in [1.82, 2.24) is 0 Å². The number of halogens is 1. The second-order valence-electron chi connectivity index (χ2n) is 4.91. The molecule has 4 N–H and O–H groups in total. The number of esters is 1. The van der Waals surface area contributed by atoms with Gasteiger partial charge in [0.2, 0.25) is 5.82 Å². The molecule has 0 aliphatic carbocycles. The second kappa shape index (κ2) is 7.34. The van der Waals surface area contributed by atoms with Gasteiger partial charge >= 0.3 is 11.7 Å².